The number of hydrogen-bond acceptors (Lipinski definition) is 4. The lowest BCUT2D eigenvalue weighted by Crippen LogP contribution is -2.38. The molecule has 156 valence electrons. The Kier molecular flexibility index (Phi) is 5.25. The van der Waals surface area contributed by atoms with Gasteiger partial charge in [0.05, 0.1) is 22.8 Å². The molecule has 2 aliphatic rings. The summed E-state index contributed by atoms with van der Waals surface area (Å²) in [5.74, 6) is -1.18. The molecule has 0 spiro atoms. The molecule has 29 heavy (non-hydrogen) atoms. The lowest BCUT2D eigenvalue weighted by atomic mass is 10.1. The molecule has 0 saturated carbocycles. The van der Waals surface area contributed by atoms with Gasteiger partial charge in [-0.15, -0.1) is 0 Å². The summed E-state index contributed by atoms with van der Waals surface area (Å²) in [4.78, 5) is 4.34. The van der Waals surface area contributed by atoms with Crippen molar-refractivity contribution in [3.8, 4) is 0 Å². The van der Waals surface area contributed by atoms with Gasteiger partial charge in [0.1, 0.15) is 17.8 Å². The number of fused-ring (bicyclic) bond motifs is 3. The third kappa shape index (κ3) is 3.28. The molecule has 0 N–H and O–H groups in total. The van der Waals surface area contributed by atoms with Crippen LogP contribution >= 0.6 is 0 Å². The van der Waals surface area contributed by atoms with Gasteiger partial charge in [-0.05, 0) is 43.2 Å². The van der Waals surface area contributed by atoms with E-state index in [0.717, 1.165) is 25.1 Å². The molecule has 0 amide bonds. The topological polar surface area (TPSA) is 43.9 Å². The Morgan fingerprint density at radius 3 is 2.41 bits per heavy atom. The minimum Gasteiger partial charge on any atom is -0.349 e. The highest BCUT2D eigenvalue weighted by molar-refractivity contribution is 7.89. The second kappa shape index (κ2) is 7.57. The van der Waals surface area contributed by atoms with E-state index in [1.165, 1.54) is 22.5 Å². The number of halogens is 2. The summed E-state index contributed by atoms with van der Waals surface area (Å²) in [5.41, 5.74) is 1.64. The summed E-state index contributed by atoms with van der Waals surface area (Å²) in [6, 6.07) is 8.96. The number of nitrogens with zero attached hydrogens (tertiary/aromatic N) is 3. The third-order valence-corrected chi connectivity index (χ3v) is 7.93. The van der Waals surface area contributed by atoms with Crippen LogP contribution in [0, 0.1) is 11.6 Å². The van der Waals surface area contributed by atoms with E-state index in [4.69, 9.17) is 0 Å². The van der Waals surface area contributed by atoms with Crippen LogP contribution in [0.4, 0.5) is 20.2 Å². The molecule has 1 fully saturated rings. The number of benzene rings is 2. The first-order valence-electron chi connectivity index (χ1n) is 9.98. The average Bonchev–Trinajstić information content (AvgIpc) is 3.27. The average molecular weight is 422 g/mol. The van der Waals surface area contributed by atoms with Gasteiger partial charge in [-0.25, -0.2) is 17.2 Å². The first-order chi connectivity index (χ1) is 13.9. The fourth-order valence-electron chi connectivity index (χ4n) is 4.41. The molecule has 0 aliphatic carbocycles. The minimum atomic E-state index is -3.62. The Labute approximate surface area is 170 Å². The molecular weight excluding hydrogens is 396 g/mol. The van der Waals surface area contributed by atoms with Crippen molar-refractivity contribution >= 4 is 21.4 Å². The van der Waals surface area contributed by atoms with E-state index in [2.05, 4.69) is 4.90 Å². The fourth-order valence-corrected chi connectivity index (χ4v) is 5.89. The van der Waals surface area contributed by atoms with Gasteiger partial charge in [0.25, 0.3) is 0 Å². The van der Waals surface area contributed by atoms with E-state index >= 15 is 0 Å². The zero-order valence-corrected chi connectivity index (χ0v) is 17.4. The Balaban J connectivity index is 1.78. The largest absolute Gasteiger partial charge is 0.349 e. The number of anilines is 2. The molecule has 0 aromatic heterocycles. The van der Waals surface area contributed by atoms with Gasteiger partial charge in [-0.2, -0.15) is 4.31 Å². The maximum absolute atomic E-state index is 14.3. The summed E-state index contributed by atoms with van der Waals surface area (Å²) < 4.78 is 56.0. The lowest BCUT2D eigenvalue weighted by Gasteiger charge is -2.28. The van der Waals surface area contributed by atoms with E-state index in [-0.39, 0.29) is 23.2 Å². The smallest absolute Gasteiger partial charge is 0.243 e. The molecular formula is C21H25F2N3O2S. The Bertz CT molecular complexity index is 1000. The van der Waals surface area contributed by atoms with Crippen molar-refractivity contribution in [1.82, 2.24) is 4.31 Å². The standard InChI is InChI=1S/C21H25F2N3O2S/c1-3-24(4-2)29(27,28)15-10-11-19-20(13-15)26(21-9-6-12-25(19)21)14-16-17(22)7-5-8-18(16)23/h5,7-8,10-11,13,21H,3-4,6,9,12,14H2,1-2H3/t21-/m0/s1. The second-order valence-electron chi connectivity index (χ2n) is 7.38. The summed E-state index contributed by atoms with van der Waals surface area (Å²) in [7, 11) is -3.62. The van der Waals surface area contributed by atoms with Gasteiger partial charge in [0, 0.05) is 25.2 Å². The summed E-state index contributed by atoms with van der Waals surface area (Å²) >= 11 is 0. The van der Waals surface area contributed by atoms with Gasteiger partial charge in [-0.1, -0.05) is 19.9 Å². The van der Waals surface area contributed by atoms with Crippen molar-refractivity contribution < 1.29 is 17.2 Å². The van der Waals surface area contributed by atoms with Crippen molar-refractivity contribution in [3.05, 3.63) is 53.6 Å². The van der Waals surface area contributed by atoms with E-state index in [1.807, 2.05) is 11.0 Å². The highest BCUT2D eigenvalue weighted by Crippen LogP contribution is 2.46. The molecule has 1 atom stereocenters. The fraction of sp³-hybridized carbons (Fsp3) is 0.429. The van der Waals surface area contributed by atoms with Crippen molar-refractivity contribution in [2.24, 2.45) is 0 Å². The third-order valence-electron chi connectivity index (χ3n) is 5.88. The van der Waals surface area contributed by atoms with Crippen LogP contribution in [0.2, 0.25) is 0 Å². The zero-order valence-electron chi connectivity index (χ0n) is 16.6. The number of rotatable bonds is 6. The molecule has 4 rings (SSSR count). The van der Waals surface area contributed by atoms with Crippen molar-refractivity contribution in [2.75, 3.05) is 29.4 Å². The predicted octanol–water partition coefficient (Wildman–Crippen LogP) is 3.94. The molecule has 1 saturated heterocycles. The van der Waals surface area contributed by atoms with Crippen molar-refractivity contribution in [1.29, 1.82) is 0 Å². The predicted molar refractivity (Wildman–Crippen MR) is 109 cm³/mol. The maximum atomic E-state index is 14.3. The van der Waals surface area contributed by atoms with Crippen LogP contribution in [0.3, 0.4) is 0 Å². The van der Waals surface area contributed by atoms with Crippen molar-refractivity contribution in [2.45, 2.75) is 44.3 Å². The van der Waals surface area contributed by atoms with Gasteiger partial charge >= 0.3 is 0 Å². The van der Waals surface area contributed by atoms with Crippen LogP contribution in [0.1, 0.15) is 32.3 Å². The van der Waals surface area contributed by atoms with Gasteiger partial charge in [0.2, 0.25) is 10.0 Å². The summed E-state index contributed by atoms with van der Waals surface area (Å²) in [5, 5.41) is 0. The van der Waals surface area contributed by atoms with Gasteiger partial charge < -0.3 is 9.80 Å². The van der Waals surface area contributed by atoms with E-state index in [0.29, 0.717) is 18.8 Å². The molecule has 0 bridgehead atoms. The highest BCUT2D eigenvalue weighted by atomic mass is 32.2. The Morgan fingerprint density at radius 2 is 1.76 bits per heavy atom. The van der Waals surface area contributed by atoms with Crippen LogP contribution in [0.25, 0.3) is 0 Å². The number of hydrogen-bond donors (Lipinski definition) is 0. The Hall–Kier alpha value is -2.19. The maximum Gasteiger partial charge on any atom is 0.243 e. The van der Waals surface area contributed by atoms with E-state index < -0.39 is 21.7 Å². The summed E-state index contributed by atoms with van der Waals surface area (Å²) in [6.45, 7) is 5.27. The highest BCUT2D eigenvalue weighted by Gasteiger charge is 2.40. The first kappa shape index (κ1) is 20.1. The van der Waals surface area contributed by atoms with Crippen LogP contribution in [0.5, 0.6) is 0 Å². The summed E-state index contributed by atoms with van der Waals surface area (Å²) in [6.07, 6.45) is 1.83. The molecule has 2 aliphatic heterocycles. The van der Waals surface area contributed by atoms with Crippen LogP contribution < -0.4 is 9.80 Å². The van der Waals surface area contributed by atoms with E-state index in [1.54, 1.807) is 26.0 Å². The molecule has 2 heterocycles. The van der Waals surface area contributed by atoms with Crippen molar-refractivity contribution in [3.63, 3.8) is 0 Å². The molecule has 2 aromatic rings. The van der Waals surface area contributed by atoms with Crippen LogP contribution in [0.15, 0.2) is 41.3 Å². The van der Waals surface area contributed by atoms with E-state index in [9.17, 15) is 17.2 Å². The Morgan fingerprint density at radius 1 is 1.07 bits per heavy atom. The lowest BCUT2D eigenvalue weighted by molar-refractivity contribution is 0.445. The van der Waals surface area contributed by atoms with Crippen LogP contribution in [-0.4, -0.2) is 38.5 Å². The number of sulfonamides is 1. The van der Waals surface area contributed by atoms with Gasteiger partial charge in [0.15, 0.2) is 0 Å². The molecule has 2 aromatic carbocycles. The van der Waals surface area contributed by atoms with Crippen LogP contribution in [-0.2, 0) is 16.6 Å². The normalized spacial score (nSPS) is 18.4. The first-order valence-corrected chi connectivity index (χ1v) is 11.4. The molecule has 0 unspecified atom stereocenters. The SMILES string of the molecule is CCN(CC)S(=O)(=O)c1ccc2c(c1)N(Cc1c(F)cccc1F)[C@H]1CCCN21. The molecule has 0 radical (unpaired) electrons. The minimum absolute atomic E-state index is 0.00389. The van der Waals surface area contributed by atoms with Gasteiger partial charge in [-0.3, -0.25) is 0 Å². The zero-order chi connectivity index (χ0) is 20.8. The molecule has 5 nitrogen and oxygen atoms in total. The molecule has 8 heteroatoms. The monoisotopic (exact) mass is 421 g/mol. The quantitative estimate of drug-likeness (QED) is 0.709. The second-order valence-corrected chi connectivity index (χ2v) is 9.32.